The van der Waals surface area contributed by atoms with E-state index in [4.69, 9.17) is 28.4 Å². The van der Waals surface area contributed by atoms with Crippen molar-refractivity contribution in [3.05, 3.63) is 177 Å². The summed E-state index contributed by atoms with van der Waals surface area (Å²) in [6, 6.07) is 42.5. The van der Waals surface area contributed by atoms with Gasteiger partial charge < -0.3 is 49.3 Å². The molecule has 119 heavy (non-hydrogen) atoms. The van der Waals surface area contributed by atoms with Gasteiger partial charge in [0.05, 0.1) is 53.4 Å². The second-order valence-electron chi connectivity index (χ2n) is 24.7. The highest BCUT2D eigenvalue weighted by Gasteiger charge is 2.54. The van der Waals surface area contributed by atoms with Gasteiger partial charge in [-0.3, -0.25) is 0 Å². The number of halogens is 19. The molecule has 0 aromatic heterocycles. The SMILES string of the molecule is COc1cc(I)c2cc(I)ccc2c1-c1c(OC)cc(I)c2cc(I)ccc12.COc1cc(OS(=O)(=O)C(F)(F)F)c2c(OS(=O)(=O)C(F)(F)F)c(C)cc(C)c2c1-c1c(OC)cc(OS(=O)(=O)C(F)(F)F)c2c(OS(=O)(=O)C(F)(F)F)c(C)cc(OS(=O)(=O)C(F)(F)F)c12.COc1ccc2ccccc2c1-c1c(OC)ccc2ccccc12. The molecule has 0 fully saturated rings. The third-order valence-corrected chi connectivity index (χ3v) is 25.3. The van der Waals surface area contributed by atoms with Gasteiger partial charge in [0.2, 0.25) is 0 Å². The Kier molecular flexibility index (Phi) is 26.7. The molecule has 0 aliphatic rings. The highest BCUT2D eigenvalue weighted by molar-refractivity contribution is 14.1. The zero-order chi connectivity index (χ0) is 88.5. The molecular weight excluding hydrogens is 2180 g/mol. The predicted octanol–water partition coefficient (Wildman–Crippen LogP) is 21.5. The molecule has 21 nitrogen and oxygen atoms in total. The van der Waals surface area contributed by atoms with Gasteiger partial charge in [-0.25, -0.2) is 0 Å². The van der Waals surface area contributed by atoms with Crippen molar-refractivity contribution in [2.75, 3.05) is 42.7 Å². The maximum absolute atomic E-state index is 13.9. The van der Waals surface area contributed by atoms with Crippen LogP contribution in [0.25, 0.3) is 98.0 Å². The van der Waals surface area contributed by atoms with Crippen molar-refractivity contribution in [3.63, 3.8) is 0 Å². The van der Waals surface area contributed by atoms with Gasteiger partial charge in [-0.15, -0.1) is 0 Å². The van der Waals surface area contributed by atoms with Crippen LogP contribution in [0.1, 0.15) is 16.7 Å². The van der Waals surface area contributed by atoms with Crippen LogP contribution in [-0.2, 0) is 50.6 Å². The Morgan fingerprint density at radius 1 is 0.252 bits per heavy atom. The highest BCUT2D eigenvalue weighted by Crippen LogP contribution is 2.59. The van der Waals surface area contributed by atoms with Crippen LogP contribution in [0.2, 0.25) is 0 Å². The van der Waals surface area contributed by atoms with Crippen LogP contribution in [0.15, 0.2) is 146 Å². The van der Waals surface area contributed by atoms with Gasteiger partial charge in [-0.2, -0.15) is 108 Å². The Hall–Kier alpha value is -8.38. The Balaban J connectivity index is 0.000000229. The summed E-state index contributed by atoms with van der Waals surface area (Å²) >= 11 is 9.51. The predicted molar refractivity (Wildman–Crippen MR) is 443 cm³/mol. The molecule has 0 bridgehead atoms. The fraction of sp³-hybridized carbons (Fsp3) is 0.189. The lowest BCUT2D eigenvalue weighted by atomic mass is 9.87. The van der Waals surface area contributed by atoms with E-state index in [9.17, 15) is 108 Å². The summed E-state index contributed by atoms with van der Waals surface area (Å²) in [5, 5.41) is 2.45. The van der Waals surface area contributed by atoms with E-state index >= 15 is 0 Å². The summed E-state index contributed by atoms with van der Waals surface area (Å²) in [5.41, 5.74) is -34.2. The number of hydrogen-bond donors (Lipinski definition) is 0. The van der Waals surface area contributed by atoms with Crippen LogP contribution in [0.5, 0.6) is 63.2 Å². The fourth-order valence-electron chi connectivity index (χ4n) is 12.4. The monoisotopic (exact) mass is 2230 g/mol. The minimum atomic E-state index is -7.22. The molecule has 0 atom stereocenters. The van der Waals surface area contributed by atoms with Crippen molar-refractivity contribution in [3.8, 4) is 96.6 Å². The van der Waals surface area contributed by atoms with Crippen LogP contribution in [0.4, 0.5) is 65.9 Å². The van der Waals surface area contributed by atoms with Gasteiger partial charge in [0.1, 0.15) is 34.5 Å². The first-order valence-electron chi connectivity index (χ1n) is 32.5. The van der Waals surface area contributed by atoms with Gasteiger partial charge in [0.25, 0.3) is 0 Å². The summed E-state index contributed by atoms with van der Waals surface area (Å²) in [7, 11) is -28.0. The van der Waals surface area contributed by atoms with Crippen molar-refractivity contribution in [1.29, 1.82) is 0 Å². The standard InChI is InChI=1S/C30H19F15O17S5.C22H14I4O2.C22H18O2/c1-10-6-11(2)24(61-66(52,53)29(40,41)42)22-16(59-64(48,49)27(34,35)36)8-13(56-4)19(18(10)22)20-14(57-5)9-17(60-65(50,51)28(37,38)39)23-21(20)15(58-63(46,47)26(31,32)33)7-12(3)25(23)62-67(54,55)30(43,44)45;1-27-19-9-17(25)15-7-11(23)3-5-13(15)21(19)22-14-6-4-12(24)8-16(14)18(26)10-20(22)28-2;1-23-19-13-11-15-7-3-5-9-17(15)21(19)22-18-10-6-4-8-16(18)12-14-20(22)24-2/h6-9H,1-5H3;3-10H,1-2H3;3-14H,1-2H3. The number of methoxy groups -OCH3 is 6. The van der Waals surface area contributed by atoms with Gasteiger partial charge in [-0.1, -0.05) is 78.9 Å². The quantitative estimate of drug-likeness (QED) is 0.0315. The lowest BCUT2D eigenvalue weighted by Crippen LogP contribution is -2.29. The number of ether oxygens (including phenoxy) is 6. The van der Waals surface area contributed by atoms with Crippen LogP contribution in [0.3, 0.4) is 0 Å². The third-order valence-electron chi connectivity index (χ3n) is 17.4. The largest absolute Gasteiger partial charge is 0.534 e. The molecule has 0 saturated carbocycles. The average Bonchev–Trinajstić information content (AvgIpc) is 0.707. The van der Waals surface area contributed by atoms with E-state index in [0.717, 1.165) is 62.9 Å². The molecular formula is C74H51F15I4O21S5. The van der Waals surface area contributed by atoms with E-state index in [1.807, 2.05) is 12.1 Å². The molecule has 636 valence electrons. The number of fused-ring (bicyclic) bond motifs is 6. The lowest BCUT2D eigenvalue weighted by molar-refractivity contribution is -0.0506. The topological polar surface area (TPSA) is 272 Å². The van der Waals surface area contributed by atoms with Crippen molar-refractivity contribution < 1.29 is 157 Å². The number of rotatable bonds is 19. The first-order valence-corrected chi connectivity index (χ1v) is 43.8. The van der Waals surface area contributed by atoms with E-state index in [0.29, 0.717) is 34.1 Å². The Labute approximate surface area is 720 Å². The third kappa shape index (κ3) is 18.3. The van der Waals surface area contributed by atoms with Crippen molar-refractivity contribution >= 4 is 206 Å². The Bertz CT molecular complexity index is 6550. The van der Waals surface area contributed by atoms with Crippen LogP contribution in [-0.4, -0.2) is 112 Å². The summed E-state index contributed by atoms with van der Waals surface area (Å²) in [6.45, 7) is 1.76. The summed E-state index contributed by atoms with van der Waals surface area (Å²) < 4.78 is 389. The van der Waals surface area contributed by atoms with E-state index in [2.05, 4.69) is 220 Å². The molecule has 0 spiro atoms. The Morgan fingerprint density at radius 2 is 0.538 bits per heavy atom. The second kappa shape index (κ2) is 34.1. The maximum atomic E-state index is 13.9. The zero-order valence-electron chi connectivity index (χ0n) is 61.2. The lowest BCUT2D eigenvalue weighted by Gasteiger charge is -2.25. The summed E-state index contributed by atoms with van der Waals surface area (Å²) in [4.78, 5) is 0. The molecule has 12 aromatic rings. The maximum Gasteiger partial charge on any atom is 0.534 e. The van der Waals surface area contributed by atoms with Gasteiger partial charge in [0, 0.05) is 70.6 Å². The number of hydrogen-bond acceptors (Lipinski definition) is 21. The molecule has 0 aliphatic carbocycles. The first kappa shape index (κ1) is 92.9. The van der Waals surface area contributed by atoms with Crippen LogP contribution >= 0.6 is 90.4 Å². The Morgan fingerprint density at radius 3 is 0.874 bits per heavy atom. The highest BCUT2D eigenvalue weighted by atomic mass is 127. The smallest absolute Gasteiger partial charge is 0.496 e. The average molecular weight is 2230 g/mol. The number of benzene rings is 12. The molecule has 0 aliphatic heterocycles. The second-order valence-corrected chi connectivity index (χ2v) is 37.2. The molecule has 0 unspecified atom stereocenters. The van der Waals surface area contributed by atoms with Crippen molar-refractivity contribution in [2.45, 2.75) is 48.3 Å². The van der Waals surface area contributed by atoms with Gasteiger partial charge in [-0.05, 0) is 226 Å². The first-order chi connectivity index (χ1) is 55.1. The van der Waals surface area contributed by atoms with Gasteiger partial charge >= 0.3 is 78.1 Å². The molecule has 0 N–H and O–H groups in total. The minimum Gasteiger partial charge on any atom is -0.496 e. The van der Waals surface area contributed by atoms with Crippen LogP contribution < -0.4 is 49.3 Å². The van der Waals surface area contributed by atoms with Crippen molar-refractivity contribution in [1.82, 2.24) is 0 Å². The van der Waals surface area contributed by atoms with E-state index in [1.54, 1.807) is 28.4 Å². The van der Waals surface area contributed by atoms with E-state index < -0.39 is 168 Å². The molecule has 0 amide bonds. The molecule has 12 rings (SSSR count). The number of aryl methyl sites for hydroxylation is 3. The summed E-state index contributed by atoms with van der Waals surface area (Å²) in [5.74, 6) is -9.53. The van der Waals surface area contributed by atoms with E-state index in [1.165, 1.54) is 46.6 Å². The fourth-order valence-corrected chi connectivity index (χ4v) is 17.3. The minimum absolute atomic E-state index is 0.0938. The molecule has 0 heterocycles. The zero-order valence-corrected chi connectivity index (χ0v) is 73.9. The normalized spacial score (nSPS) is 12.7. The molecule has 12 aromatic carbocycles. The van der Waals surface area contributed by atoms with Gasteiger partial charge in [0.15, 0.2) is 28.7 Å². The van der Waals surface area contributed by atoms with Crippen LogP contribution in [0, 0.1) is 35.1 Å². The summed E-state index contributed by atoms with van der Waals surface area (Å²) in [6.07, 6.45) is 0. The molecule has 0 radical (unpaired) electrons. The van der Waals surface area contributed by atoms with E-state index in [-0.39, 0.29) is 18.2 Å². The molecule has 0 saturated heterocycles. The molecule has 45 heteroatoms. The number of alkyl halides is 15. The van der Waals surface area contributed by atoms with Crippen molar-refractivity contribution in [2.24, 2.45) is 0 Å².